The number of thioether (sulfide) groups is 1. The average Bonchev–Trinajstić information content (AvgIpc) is 2.94. The van der Waals surface area contributed by atoms with Crippen molar-refractivity contribution in [1.29, 1.82) is 0 Å². The van der Waals surface area contributed by atoms with Gasteiger partial charge in [0.25, 0.3) is 0 Å². The van der Waals surface area contributed by atoms with E-state index in [1.807, 2.05) is 0 Å². The lowest BCUT2D eigenvalue weighted by atomic mass is 10.1. The molecule has 0 aliphatic rings. The zero-order valence-corrected chi connectivity index (χ0v) is 23.7. The number of amides is 2. The van der Waals surface area contributed by atoms with Crippen molar-refractivity contribution in [3.8, 4) is 11.5 Å². The molecule has 0 saturated heterocycles. The van der Waals surface area contributed by atoms with E-state index in [-0.39, 0.29) is 47.4 Å². The molecule has 3 aromatic rings. The van der Waals surface area contributed by atoms with Gasteiger partial charge in [-0.25, -0.2) is 4.79 Å². The maximum Gasteiger partial charge on any atom is 0.418 e. The Balaban J connectivity index is 1.81. The van der Waals surface area contributed by atoms with Crippen molar-refractivity contribution in [3.63, 3.8) is 0 Å². The summed E-state index contributed by atoms with van der Waals surface area (Å²) in [6.07, 6.45) is -8.40. The van der Waals surface area contributed by atoms with E-state index < -0.39 is 29.5 Å². The topological polar surface area (TPSA) is 140 Å². The molecule has 234 valence electrons. The van der Waals surface area contributed by atoms with E-state index in [1.165, 1.54) is 36.4 Å². The summed E-state index contributed by atoms with van der Waals surface area (Å²) < 4.78 is 87.4. The van der Waals surface area contributed by atoms with Crippen LogP contribution in [0.15, 0.2) is 59.5 Å². The fourth-order valence-corrected chi connectivity index (χ4v) is 4.81. The second-order valence-corrected chi connectivity index (χ2v) is 10.3. The van der Waals surface area contributed by atoms with Crippen molar-refractivity contribution in [2.24, 2.45) is 17.2 Å². The van der Waals surface area contributed by atoms with E-state index in [1.54, 1.807) is 6.07 Å². The molecule has 0 saturated carbocycles. The van der Waals surface area contributed by atoms with Gasteiger partial charge in [-0.1, -0.05) is 0 Å². The second-order valence-electron chi connectivity index (χ2n) is 9.16. The number of nitrogens with two attached hydrogens (primary N) is 3. The summed E-state index contributed by atoms with van der Waals surface area (Å²) in [7, 11) is 0. The predicted molar refractivity (Wildman–Crippen MR) is 157 cm³/mol. The van der Waals surface area contributed by atoms with Gasteiger partial charge < -0.3 is 37.9 Å². The molecule has 0 aromatic heterocycles. The molecular formula is C28H32F6N6O2S. The minimum Gasteiger partial charge on any atom is -0.457 e. The lowest BCUT2D eigenvalue weighted by molar-refractivity contribution is -0.139. The fourth-order valence-electron chi connectivity index (χ4n) is 3.98. The number of nitrogens with one attached hydrogen (secondary N) is 3. The van der Waals surface area contributed by atoms with Crippen molar-refractivity contribution in [2.45, 2.75) is 30.1 Å². The van der Waals surface area contributed by atoms with Crippen LogP contribution in [-0.2, 0) is 18.8 Å². The first kappa shape index (κ1) is 33.8. The highest BCUT2D eigenvalue weighted by molar-refractivity contribution is 7.99. The molecule has 0 atom stereocenters. The Kier molecular flexibility index (Phi) is 11.9. The van der Waals surface area contributed by atoms with Gasteiger partial charge in [0, 0.05) is 47.3 Å². The zero-order valence-electron chi connectivity index (χ0n) is 22.9. The molecule has 15 heteroatoms. The van der Waals surface area contributed by atoms with Crippen molar-refractivity contribution in [3.05, 3.63) is 71.3 Å². The lowest BCUT2D eigenvalue weighted by Crippen LogP contribution is -2.21. The van der Waals surface area contributed by atoms with Crippen molar-refractivity contribution < 1.29 is 35.9 Å². The number of ether oxygens (including phenoxy) is 1. The summed E-state index contributed by atoms with van der Waals surface area (Å²) >= 11 is 0.962. The van der Waals surface area contributed by atoms with E-state index in [0.717, 1.165) is 23.9 Å². The first-order valence-corrected chi connectivity index (χ1v) is 14.1. The second kappa shape index (κ2) is 15.2. The van der Waals surface area contributed by atoms with Gasteiger partial charge in [0.1, 0.15) is 11.5 Å². The molecule has 0 unspecified atom stereocenters. The predicted octanol–water partition coefficient (Wildman–Crippen LogP) is 6.47. The number of hydrogen-bond acceptors (Lipinski definition) is 7. The smallest absolute Gasteiger partial charge is 0.418 e. The lowest BCUT2D eigenvalue weighted by Gasteiger charge is -2.17. The summed E-state index contributed by atoms with van der Waals surface area (Å²) in [5.41, 5.74) is 15.3. The standard InChI is InChI=1S/C28H32F6N6O2S/c29-27(30,31)21-16-20(5-7-24(21)38-12-10-36)42-19-4-6-23(17(14-19)2-1-9-35)40-26(41)39-18-3-8-25(43-13-11-37)22(15-18)28(32,33)34/h3-8,14-16,38H,1-2,9-13,35-37H2,(H2,39,40,41). The number of anilines is 3. The molecule has 0 aliphatic carbocycles. The van der Waals surface area contributed by atoms with Gasteiger partial charge in [-0.05, 0) is 79.5 Å². The van der Waals surface area contributed by atoms with Crippen LogP contribution < -0.4 is 37.9 Å². The molecule has 0 radical (unpaired) electrons. The summed E-state index contributed by atoms with van der Waals surface area (Å²) in [6, 6.07) is 10.6. The van der Waals surface area contributed by atoms with Crippen molar-refractivity contribution >= 4 is 34.9 Å². The third-order valence-corrected chi connectivity index (χ3v) is 6.99. The summed E-state index contributed by atoms with van der Waals surface area (Å²) in [5.74, 6) is 0.430. The average molecular weight is 631 g/mol. The van der Waals surface area contributed by atoms with Crippen LogP contribution in [0.25, 0.3) is 0 Å². The van der Waals surface area contributed by atoms with Gasteiger partial charge in [0.15, 0.2) is 0 Å². The summed E-state index contributed by atoms with van der Waals surface area (Å²) in [5, 5.41) is 7.65. The van der Waals surface area contributed by atoms with Gasteiger partial charge in [-0.15, -0.1) is 11.8 Å². The molecular weight excluding hydrogens is 598 g/mol. The van der Waals surface area contributed by atoms with E-state index in [4.69, 9.17) is 21.9 Å². The number of urea groups is 1. The van der Waals surface area contributed by atoms with Crippen molar-refractivity contribution in [1.82, 2.24) is 0 Å². The first-order chi connectivity index (χ1) is 20.3. The highest BCUT2D eigenvalue weighted by Gasteiger charge is 2.35. The van der Waals surface area contributed by atoms with Crippen LogP contribution in [0.3, 0.4) is 0 Å². The number of hydrogen-bond donors (Lipinski definition) is 6. The Labute approximate surface area is 248 Å². The quantitative estimate of drug-likeness (QED) is 0.0939. The minimum absolute atomic E-state index is 0.00705. The van der Waals surface area contributed by atoms with Crippen LogP contribution in [0.2, 0.25) is 0 Å². The number of halogens is 6. The molecule has 0 bridgehead atoms. The Morgan fingerprint density at radius 2 is 1.44 bits per heavy atom. The summed E-state index contributed by atoms with van der Waals surface area (Å²) in [6.45, 7) is 0.819. The number of aryl methyl sites for hydroxylation is 1. The number of alkyl halides is 6. The summed E-state index contributed by atoms with van der Waals surface area (Å²) in [4.78, 5) is 12.7. The molecule has 0 spiro atoms. The normalized spacial score (nSPS) is 11.7. The van der Waals surface area contributed by atoms with Crippen LogP contribution in [0, 0.1) is 0 Å². The largest absolute Gasteiger partial charge is 0.457 e. The molecule has 0 heterocycles. The van der Waals surface area contributed by atoms with Crippen LogP contribution in [-0.4, -0.2) is 38.0 Å². The number of benzene rings is 3. The van der Waals surface area contributed by atoms with Gasteiger partial charge in [-0.2, -0.15) is 26.3 Å². The molecule has 3 rings (SSSR count). The fraction of sp³-hybridized carbons (Fsp3) is 0.321. The molecule has 3 aromatic carbocycles. The Morgan fingerprint density at radius 3 is 2.07 bits per heavy atom. The molecule has 9 N–H and O–H groups in total. The minimum atomic E-state index is -4.64. The van der Waals surface area contributed by atoms with Crippen LogP contribution in [0.1, 0.15) is 23.1 Å². The van der Waals surface area contributed by atoms with Gasteiger partial charge in [0.05, 0.1) is 11.1 Å². The first-order valence-electron chi connectivity index (χ1n) is 13.1. The monoisotopic (exact) mass is 630 g/mol. The van der Waals surface area contributed by atoms with Gasteiger partial charge >= 0.3 is 18.4 Å². The molecule has 43 heavy (non-hydrogen) atoms. The molecule has 0 fully saturated rings. The number of rotatable bonds is 13. The zero-order chi connectivity index (χ0) is 31.6. The number of carbonyl (C=O) groups is 1. The van der Waals surface area contributed by atoms with E-state index in [2.05, 4.69) is 16.0 Å². The maximum absolute atomic E-state index is 13.6. The van der Waals surface area contributed by atoms with Crippen molar-refractivity contribution in [2.75, 3.05) is 47.9 Å². The number of carbonyl (C=O) groups excluding carboxylic acids is 1. The van der Waals surface area contributed by atoms with E-state index in [0.29, 0.717) is 36.4 Å². The van der Waals surface area contributed by atoms with E-state index >= 15 is 0 Å². The molecule has 2 amide bonds. The van der Waals surface area contributed by atoms with E-state index in [9.17, 15) is 31.1 Å². The maximum atomic E-state index is 13.6. The van der Waals surface area contributed by atoms with Crippen LogP contribution in [0.4, 0.5) is 48.2 Å². The third kappa shape index (κ3) is 9.95. The van der Waals surface area contributed by atoms with Gasteiger partial charge in [0.2, 0.25) is 0 Å². The molecule has 8 nitrogen and oxygen atoms in total. The Hall–Kier alpha value is -3.66. The van der Waals surface area contributed by atoms with Crippen LogP contribution in [0.5, 0.6) is 11.5 Å². The third-order valence-electron chi connectivity index (χ3n) is 5.89. The Morgan fingerprint density at radius 1 is 0.767 bits per heavy atom. The van der Waals surface area contributed by atoms with Crippen LogP contribution >= 0.6 is 11.8 Å². The SMILES string of the molecule is NCCCc1cc(Oc2ccc(NCCN)c(C(F)(F)F)c2)ccc1NC(=O)Nc1ccc(SCCN)c(C(F)(F)F)c1. The Bertz CT molecular complexity index is 1390. The highest BCUT2D eigenvalue weighted by atomic mass is 32.2. The molecule has 0 aliphatic heterocycles. The van der Waals surface area contributed by atoms with Gasteiger partial charge in [-0.3, -0.25) is 0 Å². The highest BCUT2D eigenvalue weighted by Crippen LogP contribution is 2.39.